The number of rotatable bonds is 6. The summed E-state index contributed by atoms with van der Waals surface area (Å²) in [7, 11) is 0. The molecule has 0 spiro atoms. The molecule has 0 saturated heterocycles. The summed E-state index contributed by atoms with van der Waals surface area (Å²) >= 11 is 3.43. The first-order chi connectivity index (χ1) is 6.33. The summed E-state index contributed by atoms with van der Waals surface area (Å²) in [5, 5.41) is 14.7. The van der Waals surface area contributed by atoms with E-state index in [9.17, 15) is 5.11 Å². The van der Waals surface area contributed by atoms with Crippen LogP contribution < -0.4 is 5.32 Å². The second kappa shape index (κ2) is 6.43. The van der Waals surface area contributed by atoms with Crippen molar-refractivity contribution in [2.24, 2.45) is 0 Å². The Kier molecular flexibility index (Phi) is 5.46. The van der Waals surface area contributed by atoms with Gasteiger partial charge in [0.05, 0.1) is 10.3 Å². The van der Waals surface area contributed by atoms with Crippen molar-refractivity contribution in [1.29, 1.82) is 0 Å². The fraction of sp³-hybridized carbons (Fsp3) is 0.556. The maximum atomic E-state index is 9.50. The van der Waals surface area contributed by atoms with Gasteiger partial charge in [0.2, 0.25) is 0 Å². The van der Waals surface area contributed by atoms with Gasteiger partial charge >= 0.3 is 0 Å². The van der Waals surface area contributed by atoms with E-state index in [-0.39, 0.29) is 6.10 Å². The second-order valence-electron chi connectivity index (χ2n) is 2.70. The largest absolute Gasteiger partial charge is 0.391 e. The van der Waals surface area contributed by atoms with Crippen LogP contribution in [-0.2, 0) is 0 Å². The van der Waals surface area contributed by atoms with Crippen LogP contribution in [-0.4, -0.2) is 30.1 Å². The topological polar surface area (TPSA) is 32.3 Å². The smallest absolute Gasteiger partial charge is 0.0758 e. The molecule has 0 aromatic carbocycles. The number of thiophene rings is 1. The van der Waals surface area contributed by atoms with Gasteiger partial charge in [-0.2, -0.15) is 0 Å². The minimum atomic E-state index is -0.243. The molecule has 2 nitrogen and oxygen atoms in total. The van der Waals surface area contributed by atoms with E-state index in [4.69, 9.17) is 0 Å². The van der Waals surface area contributed by atoms with Crippen LogP contribution in [0.2, 0.25) is 0 Å². The Morgan fingerprint density at radius 3 is 3.15 bits per heavy atom. The predicted octanol–water partition coefficient (Wildman–Crippen LogP) is 1.81. The van der Waals surface area contributed by atoms with Gasteiger partial charge in [-0.05, 0) is 18.0 Å². The minimum absolute atomic E-state index is 0.243. The van der Waals surface area contributed by atoms with Crippen LogP contribution in [0.1, 0.15) is 6.92 Å². The van der Waals surface area contributed by atoms with Crippen molar-refractivity contribution in [3.05, 3.63) is 17.5 Å². The van der Waals surface area contributed by atoms with Gasteiger partial charge in [-0.15, -0.1) is 23.1 Å². The molecule has 1 rings (SSSR count). The first-order valence-corrected chi connectivity index (χ1v) is 6.24. The molecule has 1 unspecified atom stereocenters. The van der Waals surface area contributed by atoms with Crippen molar-refractivity contribution in [2.45, 2.75) is 17.2 Å². The van der Waals surface area contributed by atoms with Crippen LogP contribution >= 0.6 is 23.1 Å². The van der Waals surface area contributed by atoms with Crippen LogP contribution in [0, 0.1) is 0 Å². The lowest BCUT2D eigenvalue weighted by atomic mass is 10.4. The third kappa shape index (κ3) is 4.67. The van der Waals surface area contributed by atoms with Crippen molar-refractivity contribution >= 4 is 23.1 Å². The highest BCUT2D eigenvalue weighted by Gasteiger charge is 2.03. The molecule has 1 aromatic heterocycles. The van der Waals surface area contributed by atoms with Crippen LogP contribution in [0.15, 0.2) is 21.7 Å². The molecule has 0 aliphatic carbocycles. The summed E-state index contributed by atoms with van der Waals surface area (Å²) in [5.41, 5.74) is 0. The van der Waals surface area contributed by atoms with Crippen LogP contribution in [0.4, 0.5) is 0 Å². The lowest BCUT2D eigenvalue weighted by molar-refractivity contribution is 0.197. The molecule has 0 amide bonds. The zero-order valence-electron chi connectivity index (χ0n) is 7.69. The lowest BCUT2D eigenvalue weighted by Crippen LogP contribution is -2.28. The molecule has 1 atom stereocenters. The average Bonchev–Trinajstić information content (AvgIpc) is 2.64. The quantitative estimate of drug-likeness (QED) is 0.713. The maximum Gasteiger partial charge on any atom is 0.0758 e. The number of likely N-dealkylation sites (N-methyl/N-ethyl adjacent to an activating group) is 1. The molecular weight excluding hydrogens is 202 g/mol. The molecular formula is C9H15NOS2. The van der Waals surface area contributed by atoms with Gasteiger partial charge < -0.3 is 10.4 Å². The molecule has 1 heterocycles. The molecule has 0 bridgehead atoms. The molecule has 0 aliphatic heterocycles. The summed E-state index contributed by atoms with van der Waals surface area (Å²) in [6, 6.07) is 4.11. The standard InChI is InChI=1S/C9H15NOS2/c1-2-10-6-8(11)7-13-9-4-3-5-12-9/h3-5,8,10-11H,2,6-7H2,1H3. The first kappa shape index (κ1) is 11.0. The van der Waals surface area contributed by atoms with Crippen molar-refractivity contribution in [3.63, 3.8) is 0 Å². The summed E-state index contributed by atoms with van der Waals surface area (Å²) in [5.74, 6) is 0.771. The number of aliphatic hydroxyl groups excluding tert-OH is 1. The van der Waals surface area contributed by atoms with Crippen LogP contribution in [0.25, 0.3) is 0 Å². The van der Waals surface area contributed by atoms with Gasteiger partial charge in [0.15, 0.2) is 0 Å². The summed E-state index contributed by atoms with van der Waals surface area (Å²) in [6.45, 7) is 3.65. The van der Waals surface area contributed by atoms with Crippen molar-refractivity contribution < 1.29 is 5.11 Å². The van der Waals surface area contributed by atoms with E-state index in [1.807, 2.05) is 13.0 Å². The van der Waals surface area contributed by atoms with Gasteiger partial charge in [-0.3, -0.25) is 0 Å². The predicted molar refractivity (Wildman–Crippen MR) is 59.6 cm³/mol. The Bertz CT molecular complexity index is 213. The zero-order valence-corrected chi connectivity index (χ0v) is 9.33. The number of aliphatic hydroxyl groups is 1. The van der Waals surface area contributed by atoms with Gasteiger partial charge in [-0.25, -0.2) is 0 Å². The zero-order chi connectivity index (χ0) is 9.52. The van der Waals surface area contributed by atoms with E-state index in [2.05, 4.69) is 16.8 Å². The third-order valence-corrected chi connectivity index (χ3v) is 3.82. The SMILES string of the molecule is CCNCC(O)CSc1cccs1. The highest BCUT2D eigenvalue weighted by atomic mass is 32.2. The number of nitrogens with one attached hydrogen (secondary N) is 1. The van der Waals surface area contributed by atoms with Crippen molar-refractivity contribution in [2.75, 3.05) is 18.8 Å². The van der Waals surface area contributed by atoms with Crippen molar-refractivity contribution in [1.82, 2.24) is 5.32 Å². The monoisotopic (exact) mass is 217 g/mol. The van der Waals surface area contributed by atoms with E-state index in [0.29, 0.717) is 6.54 Å². The molecule has 1 aromatic rings. The highest BCUT2D eigenvalue weighted by Crippen LogP contribution is 2.23. The lowest BCUT2D eigenvalue weighted by Gasteiger charge is -2.09. The summed E-state index contributed by atoms with van der Waals surface area (Å²) < 4.78 is 1.27. The van der Waals surface area contributed by atoms with E-state index in [1.54, 1.807) is 23.1 Å². The maximum absolute atomic E-state index is 9.50. The molecule has 0 aliphatic rings. The number of hydrogen-bond donors (Lipinski definition) is 2. The number of hydrogen-bond acceptors (Lipinski definition) is 4. The first-order valence-electron chi connectivity index (χ1n) is 4.38. The summed E-state index contributed by atoms with van der Waals surface area (Å²) in [6.07, 6.45) is -0.243. The van der Waals surface area contributed by atoms with E-state index in [1.165, 1.54) is 4.21 Å². The molecule has 0 fully saturated rings. The Morgan fingerprint density at radius 1 is 1.69 bits per heavy atom. The molecule has 0 saturated carbocycles. The van der Waals surface area contributed by atoms with E-state index >= 15 is 0 Å². The van der Waals surface area contributed by atoms with E-state index < -0.39 is 0 Å². The fourth-order valence-corrected chi connectivity index (χ4v) is 2.63. The van der Waals surface area contributed by atoms with Gasteiger partial charge in [0.1, 0.15) is 0 Å². The minimum Gasteiger partial charge on any atom is -0.391 e. The van der Waals surface area contributed by atoms with Gasteiger partial charge in [0.25, 0.3) is 0 Å². The van der Waals surface area contributed by atoms with E-state index in [0.717, 1.165) is 12.3 Å². The Morgan fingerprint density at radius 2 is 2.54 bits per heavy atom. The van der Waals surface area contributed by atoms with Gasteiger partial charge in [-0.1, -0.05) is 13.0 Å². The van der Waals surface area contributed by atoms with Crippen LogP contribution in [0.5, 0.6) is 0 Å². The third-order valence-electron chi connectivity index (χ3n) is 1.54. The number of thioether (sulfide) groups is 1. The fourth-order valence-electron chi connectivity index (χ4n) is 0.894. The second-order valence-corrected chi connectivity index (χ2v) is 4.97. The molecule has 74 valence electrons. The highest BCUT2D eigenvalue weighted by molar-refractivity contribution is 8.01. The average molecular weight is 217 g/mol. The molecule has 13 heavy (non-hydrogen) atoms. The normalized spacial score (nSPS) is 13.1. The Balaban J connectivity index is 2.11. The van der Waals surface area contributed by atoms with Crippen LogP contribution in [0.3, 0.4) is 0 Å². The molecule has 4 heteroatoms. The molecule has 0 radical (unpaired) electrons. The molecule has 2 N–H and O–H groups in total. The Labute approximate surface area is 87.4 Å². The van der Waals surface area contributed by atoms with Crippen molar-refractivity contribution in [3.8, 4) is 0 Å². The van der Waals surface area contributed by atoms with Gasteiger partial charge in [0, 0.05) is 12.3 Å². The Hall–Kier alpha value is -0.0300. The summed E-state index contributed by atoms with van der Waals surface area (Å²) in [4.78, 5) is 0.